The van der Waals surface area contributed by atoms with Crippen LogP contribution in [0.5, 0.6) is 0 Å². The second-order valence-corrected chi connectivity index (χ2v) is 3.87. The maximum atomic E-state index is 13.1. The Hall–Kier alpha value is -0.640. The van der Waals surface area contributed by atoms with Crippen LogP contribution in [-0.4, -0.2) is 17.8 Å². The van der Waals surface area contributed by atoms with Gasteiger partial charge in [-0.15, -0.1) is 0 Å². The molecule has 1 aliphatic rings. The van der Waals surface area contributed by atoms with E-state index in [0.717, 1.165) is 12.1 Å². The normalized spacial score (nSPS) is 26.8. The first-order valence-electron chi connectivity index (χ1n) is 4.55. The van der Waals surface area contributed by atoms with Crippen molar-refractivity contribution in [1.29, 1.82) is 0 Å². The van der Waals surface area contributed by atoms with E-state index in [0.29, 0.717) is 6.42 Å². The van der Waals surface area contributed by atoms with Crippen molar-refractivity contribution < 1.29 is 9.50 Å². The van der Waals surface area contributed by atoms with Gasteiger partial charge in [0.2, 0.25) is 0 Å². The molecule has 1 saturated heterocycles. The zero-order valence-corrected chi connectivity index (χ0v) is 8.26. The number of benzene rings is 1. The summed E-state index contributed by atoms with van der Waals surface area (Å²) in [7, 11) is 0. The summed E-state index contributed by atoms with van der Waals surface area (Å²) in [6.45, 7) is 0.760. The van der Waals surface area contributed by atoms with E-state index in [1.807, 2.05) is 0 Å². The van der Waals surface area contributed by atoms with Gasteiger partial charge >= 0.3 is 0 Å². The zero-order valence-electron chi connectivity index (χ0n) is 7.50. The molecular weight excluding hydrogens is 205 g/mol. The van der Waals surface area contributed by atoms with E-state index in [1.54, 1.807) is 6.07 Å². The van der Waals surface area contributed by atoms with Gasteiger partial charge < -0.3 is 10.4 Å². The van der Waals surface area contributed by atoms with Crippen LogP contribution in [0.4, 0.5) is 4.39 Å². The van der Waals surface area contributed by atoms with Crippen LogP contribution < -0.4 is 5.32 Å². The fourth-order valence-electron chi connectivity index (χ4n) is 1.74. The largest absolute Gasteiger partial charge is 0.391 e. The number of halogens is 2. The molecule has 1 aliphatic heterocycles. The SMILES string of the molecule is OC1CCNC1c1ccc(Cl)c(F)c1. The lowest BCUT2D eigenvalue weighted by atomic mass is 10.0. The summed E-state index contributed by atoms with van der Waals surface area (Å²) >= 11 is 5.57. The van der Waals surface area contributed by atoms with Crippen LogP contribution in [-0.2, 0) is 0 Å². The Kier molecular flexibility index (Phi) is 2.72. The van der Waals surface area contributed by atoms with Gasteiger partial charge in [-0.2, -0.15) is 0 Å². The maximum absolute atomic E-state index is 13.1. The molecule has 2 atom stereocenters. The molecule has 14 heavy (non-hydrogen) atoms. The van der Waals surface area contributed by atoms with E-state index in [-0.39, 0.29) is 11.1 Å². The van der Waals surface area contributed by atoms with Gasteiger partial charge in [0.25, 0.3) is 0 Å². The fourth-order valence-corrected chi connectivity index (χ4v) is 1.85. The Balaban J connectivity index is 2.28. The smallest absolute Gasteiger partial charge is 0.142 e. The molecule has 2 unspecified atom stereocenters. The minimum Gasteiger partial charge on any atom is -0.391 e. The van der Waals surface area contributed by atoms with Gasteiger partial charge in [-0.25, -0.2) is 4.39 Å². The van der Waals surface area contributed by atoms with Gasteiger partial charge in [0, 0.05) is 0 Å². The molecular formula is C10H11ClFNO. The van der Waals surface area contributed by atoms with E-state index < -0.39 is 11.9 Å². The third kappa shape index (κ3) is 1.75. The molecule has 2 rings (SSSR count). The van der Waals surface area contributed by atoms with Crippen LogP contribution in [0.25, 0.3) is 0 Å². The van der Waals surface area contributed by atoms with Gasteiger partial charge in [0.15, 0.2) is 0 Å². The van der Waals surface area contributed by atoms with Gasteiger partial charge in [-0.1, -0.05) is 17.7 Å². The minimum atomic E-state index is -0.440. The van der Waals surface area contributed by atoms with E-state index in [4.69, 9.17) is 11.6 Å². The van der Waals surface area contributed by atoms with E-state index in [9.17, 15) is 9.50 Å². The standard InChI is InChI=1S/C10H11ClFNO/c11-7-2-1-6(5-8(7)12)10-9(14)3-4-13-10/h1-2,5,9-10,13-14H,3-4H2. The predicted molar refractivity (Wildman–Crippen MR) is 52.8 cm³/mol. The average molecular weight is 216 g/mol. The molecule has 0 bridgehead atoms. The lowest BCUT2D eigenvalue weighted by molar-refractivity contribution is 0.160. The Bertz CT molecular complexity index is 345. The van der Waals surface area contributed by atoms with Crippen molar-refractivity contribution in [2.45, 2.75) is 18.6 Å². The molecule has 76 valence electrons. The average Bonchev–Trinajstić information content (AvgIpc) is 2.57. The third-order valence-electron chi connectivity index (χ3n) is 2.49. The van der Waals surface area contributed by atoms with E-state index >= 15 is 0 Å². The fraction of sp³-hybridized carbons (Fsp3) is 0.400. The Morgan fingerprint density at radius 3 is 2.86 bits per heavy atom. The Morgan fingerprint density at radius 1 is 1.50 bits per heavy atom. The lowest BCUT2D eigenvalue weighted by Crippen LogP contribution is -2.20. The molecule has 0 radical (unpaired) electrons. The van der Waals surface area contributed by atoms with Crippen LogP contribution in [0, 0.1) is 5.82 Å². The second-order valence-electron chi connectivity index (χ2n) is 3.46. The molecule has 1 aromatic carbocycles. The topological polar surface area (TPSA) is 32.3 Å². The number of aliphatic hydroxyl groups excluding tert-OH is 1. The predicted octanol–water partition coefficient (Wildman–Crippen LogP) is 1.87. The second kappa shape index (κ2) is 3.85. The number of aliphatic hydroxyl groups is 1. The summed E-state index contributed by atoms with van der Waals surface area (Å²) in [6.07, 6.45) is 0.269. The van der Waals surface area contributed by atoms with E-state index in [2.05, 4.69) is 5.32 Å². The Morgan fingerprint density at radius 2 is 2.29 bits per heavy atom. The van der Waals surface area contributed by atoms with Crippen molar-refractivity contribution in [2.24, 2.45) is 0 Å². The van der Waals surface area contributed by atoms with Crippen molar-refractivity contribution in [3.63, 3.8) is 0 Å². The highest BCUT2D eigenvalue weighted by Crippen LogP contribution is 2.26. The van der Waals surface area contributed by atoms with Crippen molar-refractivity contribution in [2.75, 3.05) is 6.54 Å². The first-order valence-corrected chi connectivity index (χ1v) is 4.92. The van der Waals surface area contributed by atoms with Crippen molar-refractivity contribution in [3.05, 3.63) is 34.6 Å². The van der Waals surface area contributed by atoms with Crippen molar-refractivity contribution >= 4 is 11.6 Å². The first kappa shape index (κ1) is 9.90. The van der Waals surface area contributed by atoms with Crippen molar-refractivity contribution in [3.8, 4) is 0 Å². The Labute approximate surface area is 86.7 Å². The molecule has 1 fully saturated rings. The van der Waals surface area contributed by atoms with Crippen molar-refractivity contribution in [1.82, 2.24) is 5.32 Å². The van der Waals surface area contributed by atoms with Crippen LogP contribution in [0.15, 0.2) is 18.2 Å². The molecule has 1 heterocycles. The highest BCUT2D eigenvalue weighted by atomic mass is 35.5. The molecule has 1 aromatic rings. The third-order valence-corrected chi connectivity index (χ3v) is 2.80. The maximum Gasteiger partial charge on any atom is 0.142 e. The number of rotatable bonds is 1. The molecule has 0 aromatic heterocycles. The zero-order chi connectivity index (χ0) is 10.1. The summed E-state index contributed by atoms with van der Waals surface area (Å²) < 4.78 is 13.1. The number of nitrogens with one attached hydrogen (secondary N) is 1. The molecule has 0 aliphatic carbocycles. The van der Waals surface area contributed by atoms with Crippen LogP contribution in [0.2, 0.25) is 5.02 Å². The molecule has 4 heteroatoms. The number of hydrogen-bond donors (Lipinski definition) is 2. The van der Waals surface area contributed by atoms with Gasteiger partial charge in [0.1, 0.15) is 5.82 Å². The summed E-state index contributed by atoms with van der Waals surface area (Å²) in [6, 6.07) is 4.45. The lowest BCUT2D eigenvalue weighted by Gasteiger charge is -2.15. The summed E-state index contributed by atoms with van der Waals surface area (Å²) in [5.41, 5.74) is 0.747. The quantitative estimate of drug-likeness (QED) is 0.750. The summed E-state index contributed by atoms with van der Waals surface area (Å²) in [4.78, 5) is 0. The highest BCUT2D eigenvalue weighted by Gasteiger charge is 2.26. The minimum absolute atomic E-state index is 0.112. The van der Waals surface area contributed by atoms with Crippen LogP contribution in [0.3, 0.4) is 0 Å². The van der Waals surface area contributed by atoms with E-state index in [1.165, 1.54) is 12.1 Å². The van der Waals surface area contributed by atoms with Gasteiger partial charge in [0.05, 0.1) is 17.2 Å². The number of hydrogen-bond acceptors (Lipinski definition) is 2. The molecule has 0 amide bonds. The van der Waals surface area contributed by atoms with Crippen LogP contribution >= 0.6 is 11.6 Å². The molecule has 0 saturated carbocycles. The molecule has 2 N–H and O–H groups in total. The first-order chi connectivity index (χ1) is 6.68. The molecule has 2 nitrogen and oxygen atoms in total. The van der Waals surface area contributed by atoms with Gasteiger partial charge in [-0.3, -0.25) is 0 Å². The molecule has 0 spiro atoms. The highest BCUT2D eigenvalue weighted by molar-refractivity contribution is 6.30. The monoisotopic (exact) mass is 215 g/mol. The summed E-state index contributed by atoms with van der Waals surface area (Å²) in [5.74, 6) is -0.440. The van der Waals surface area contributed by atoms with Crippen LogP contribution in [0.1, 0.15) is 18.0 Å². The van der Waals surface area contributed by atoms with Gasteiger partial charge in [-0.05, 0) is 30.7 Å². The summed E-state index contributed by atoms with van der Waals surface area (Å²) in [5, 5.41) is 12.8.